The molecule has 0 bridgehead atoms. The molecule has 2 saturated heterocycles. The molecule has 0 aliphatic carbocycles. The van der Waals surface area contributed by atoms with Crippen molar-refractivity contribution in [3.8, 4) is 0 Å². The Morgan fingerprint density at radius 3 is 2.42 bits per heavy atom. The number of anilines is 1. The first kappa shape index (κ1) is 30.6. The third-order valence-corrected chi connectivity index (χ3v) is 13.3. The fraction of sp³-hybridized carbons (Fsp3) is 0.562. The van der Waals surface area contributed by atoms with E-state index in [4.69, 9.17) is 0 Å². The van der Waals surface area contributed by atoms with Crippen LogP contribution in [0.15, 0.2) is 40.4 Å². The van der Waals surface area contributed by atoms with Gasteiger partial charge in [-0.05, 0) is 35.6 Å². The summed E-state index contributed by atoms with van der Waals surface area (Å²) < 4.78 is 31.4. The van der Waals surface area contributed by atoms with Crippen LogP contribution in [0.25, 0.3) is 10.8 Å². The molecule has 12 nitrogen and oxygen atoms in total. The molecular weight excluding hydrogens is 600 g/mol. The number of carbonyl (C=O) groups is 2. The first-order valence-corrected chi connectivity index (χ1v) is 17.3. The average molecular weight is 642 g/mol. The van der Waals surface area contributed by atoms with Gasteiger partial charge in [-0.3, -0.25) is 9.10 Å². The number of carboxylic acid groups (broad SMARTS) is 1. The number of quaternary nitrogens is 2. The molecule has 3 N–H and O–H groups in total. The number of sulfonamides is 1. The topological polar surface area (TPSA) is 159 Å². The molecule has 0 unspecified atom stereocenters. The zero-order valence-electron chi connectivity index (χ0n) is 25.7. The Bertz CT molecular complexity index is 1740. The van der Waals surface area contributed by atoms with Crippen LogP contribution in [0.4, 0.5) is 5.69 Å². The predicted molar refractivity (Wildman–Crippen MR) is 162 cm³/mol. The highest BCUT2D eigenvalue weighted by atomic mass is 32.2. The van der Waals surface area contributed by atoms with Crippen molar-refractivity contribution in [2.75, 3.05) is 69.9 Å². The lowest BCUT2D eigenvalue weighted by Gasteiger charge is -2.51. The van der Waals surface area contributed by atoms with Gasteiger partial charge in [0.05, 0.1) is 66.6 Å². The summed E-state index contributed by atoms with van der Waals surface area (Å²) in [5.74, 6) is -3.25. The average Bonchev–Trinajstić information content (AvgIpc) is 3.36. The number of carboxylic acids is 1. The van der Waals surface area contributed by atoms with Crippen molar-refractivity contribution in [2.24, 2.45) is 11.8 Å². The Balaban J connectivity index is 1.23. The van der Waals surface area contributed by atoms with E-state index in [1.54, 1.807) is 13.0 Å². The lowest BCUT2D eigenvalue weighted by atomic mass is 9.78. The SMILES string of the molecule is C[C@@H](O)[C@H]1C(=O)N2C(C(=O)[O-])=C(CN3c4cccc5c6c(cc(c45)S3(=O)=O)C[N+]3(CC6)CC[N+](CCO)(CCO)CC3)[C@H](C)[C@H]12. The van der Waals surface area contributed by atoms with Crippen LogP contribution in [-0.2, 0) is 32.6 Å². The molecule has 7 rings (SSSR count). The maximum atomic E-state index is 14.3. The van der Waals surface area contributed by atoms with Crippen LogP contribution in [-0.4, -0.2) is 127 Å². The Kier molecular flexibility index (Phi) is 7.12. The van der Waals surface area contributed by atoms with E-state index in [1.165, 1.54) is 11.2 Å². The van der Waals surface area contributed by atoms with Gasteiger partial charge < -0.3 is 39.1 Å². The molecule has 1 amide bonds. The number of fused-ring (bicyclic) bond motifs is 3. The first-order chi connectivity index (χ1) is 21.4. The van der Waals surface area contributed by atoms with Gasteiger partial charge in [-0.15, -0.1) is 0 Å². The van der Waals surface area contributed by atoms with E-state index < -0.39 is 45.9 Å². The summed E-state index contributed by atoms with van der Waals surface area (Å²) in [4.78, 5) is 26.6. The minimum atomic E-state index is -4.06. The van der Waals surface area contributed by atoms with Crippen LogP contribution in [0.3, 0.4) is 0 Å². The zero-order valence-corrected chi connectivity index (χ0v) is 26.5. The molecule has 2 fully saturated rings. The number of aliphatic hydroxyl groups is 3. The quantitative estimate of drug-likeness (QED) is 0.242. The summed E-state index contributed by atoms with van der Waals surface area (Å²) >= 11 is 0. The number of carbonyl (C=O) groups excluding carboxylic acids is 2. The van der Waals surface area contributed by atoms with E-state index in [-0.39, 0.29) is 30.4 Å². The Morgan fingerprint density at radius 1 is 1.11 bits per heavy atom. The summed E-state index contributed by atoms with van der Waals surface area (Å²) in [5.41, 5.74) is 2.67. The minimum absolute atomic E-state index is 0.0746. The molecular formula is C32H41N4O8S+. The van der Waals surface area contributed by atoms with Crippen molar-refractivity contribution in [3.05, 3.63) is 46.7 Å². The molecule has 0 radical (unpaired) electrons. The smallest absolute Gasteiger partial charge is 0.265 e. The summed E-state index contributed by atoms with van der Waals surface area (Å²) in [5, 5.41) is 43.4. The standard InChI is InChI=1S/C32H41N4O8S/c1-19-24(30(32(41)42)34-29(19)27(20(2)39)31(34)40)17-33-25-5-3-4-23-22-6-7-36(10-8-35(9-11-36,12-14-37)13-15-38)18-21(22)16-26(28(23)25)45(33,43)44/h3-5,16,19-20,27,29,37-39H,6-15,17-18H2,1-2H3/q+1/t19-,20+,27+,29+/m0/s1. The van der Waals surface area contributed by atoms with Gasteiger partial charge in [-0.25, -0.2) is 8.42 Å². The number of benzene rings is 2. The molecule has 2 aromatic carbocycles. The summed E-state index contributed by atoms with van der Waals surface area (Å²) in [6.07, 6.45) is -0.166. The van der Waals surface area contributed by atoms with E-state index in [1.807, 2.05) is 18.2 Å². The maximum absolute atomic E-state index is 14.3. The van der Waals surface area contributed by atoms with Crippen molar-refractivity contribution >= 4 is 38.4 Å². The molecule has 5 aliphatic heterocycles. The molecule has 2 aromatic rings. The molecule has 4 atom stereocenters. The lowest BCUT2D eigenvalue weighted by molar-refractivity contribution is -1.04. The lowest BCUT2D eigenvalue weighted by Crippen LogP contribution is -2.68. The van der Waals surface area contributed by atoms with Crippen LogP contribution in [0.1, 0.15) is 25.0 Å². The summed E-state index contributed by atoms with van der Waals surface area (Å²) in [7, 11) is -4.06. The first-order valence-electron chi connectivity index (χ1n) is 15.9. The highest BCUT2D eigenvalue weighted by Crippen LogP contribution is 2.50. The number of nitrogens with zero attached hydrogens (tertiary/aromatic N) is 4. The van der Waals surface area contributed by atoms with Gasteiger partial charge in [-0.2, -0.15) is 0 Å². The third kappa shape index (κ3) is 4.31. The summed E-state index contributed by atoms with van der Waals surface area (Å²) in [6, 6.07) is 6.82. The fourth-order valence-electron chi connectivity index (χ4n) is 9.03. The zero-order chi connectivity index (χ0) is 32.1. The van der Waals surface area contributed by atoms with Crippen molar-refractivity contribution < 1.29 is 47.4 Å². The number of hydrogen-bond donors (Lipinski definition) is 3. The number of β-lactam (4-membered cyclic amide) rings is 1. The van der Waals surface area contributed by atoms with E-state index in [0.29, 0.717) is 40.8 Å². The predicted octanol–water partition coefficient (Wildman–Crippen LogP) is -1.10. The van der Waals surface area contributed by atoms with Crippen LogP contribution < -0.4 is 9.41 Å². The van der Waals surface area contributed by atoms with Gasteiger partial charge >= 0.3 is 0 Å². The molecule has 45 heavy (non-hydrogen) atoms. The highest BCUT2D eigenvalue weighted by Gasteiger charge is 2.59. The van der Waals surface area contributed by atoms with Gasteiger partial charge in [0, 0.05) is 23.3 Å². The van der Waals surface area contributed by atoms with Crippen molar-refractivity contribution in [1.29, 1.82) is 0 Å². The second-order valence-electron chi connectivity index (χ2n) is 13.7. The molecule has 242 valence electrons. The number of aliphatic hydroxyl groups excluding tert-OH is 3. The van der Waals surface area contributed by atoms with Gasteiger partial charge in [0.2, 0.25) is 5.91 Å². The number of aliphatic carboxylic acids is 1. The molecule has 0 aromatic heterocycles. The monoisotopic (exact) mass is 641 g/mol. The van der Waals surface area contributed by atoms with E-state index in [9.17, 15) is 38.4 Å². The van der Waals surface area contributed by atoms with Crippen LogP contribution >= 0.6 is 0 Å². The van der Waals surface area contributed by atoms with Gasteiger partial charge in [0.1, 0.15) is 45.8 Å². The van der Waals surface area contributed by atoms with Crippen molar-refractivity contribution in [1.82, 2.24) is 4.90 Å². The van der Waals surface area contributed by atoms with Crippen LogP contribution in [0.5, 0.6) is 0 Å². The Morgan fingerprint density at radius 2 is 1.80 bits per heavy atom. The maximum Gasteiger partial charge on any atom is 0.265 e. The Labute approximate surface area is 262 Å². The largest absolute Gasteiger partial charge is 0.543 e. The molecule has 0 saturated carbocycles. The second kappa shape index (κ2) is 10.5. The third-order valence-electron chi connectivity index (χ3n) is 11.6. The van der Waals surface area contributed by atoms with Gasteiger partial charge in [0.15, 0.2) is 0 Å². The Hall–Kier alpha value is -3.07. The summed E-state index contributed by atoms with van der Waals surface area (Å²) in [6.45, 7) is 9.51. The van der Waals surface area contributed by atoms with E-state index in [0.717, 1.165) is 65.0 Å². The van der Waals surface area contributed by atoms with Gasteiger partial charge in [-0.1, -0.05) is 19.1 Å². The fourth-order valence-corrected chi connectivity index (χ4v) is 10.8. The van der Waals surface area contributed by atoms with Gasteiger partial charge in [0.25, 0.3) is 10.0 Å². The minimum Gasteiger partial charge on any atom is -0.543 e. The number of hydrogen-bond acceptors (Lipinski definition) is 8. The van der Waals surface area contributed by atoms with Crippen LogP contribution in [0.2, 0.25) is 0 Å². The highest BCUT2D eigenvalue weighted by molar-refractivity contribution is 7.93. The van der Waals surface area contributed by atoms with Crippen molar-refractivity contribution in [3.63, 3.8) is 0 Å². The number of rotatable bonds is 8. The molecule has 5 heterocycles. The number of amides is 1. The normalized spacial score (nSPS) is 27.9. The number of piperazine rings is 1. The van der Waals surface area contributed by atoms with Crippen molar-refractivity contribution in [2.45, 2.75) is 43.9 Å². The van der Waals surface area contributed by atoms with E-state index in [2.05, 4.69) is 0 Å². The molecule has 13 heteroatoms. The molecule has 1 spiro atoms. The van der Waals surface area contributed by atoms with E-state index >= 15 is 0 Å². The molecule has 5 aliphatic rings. The second-order valence-corrected chi connectivity index (χ2v) is 15.6. The van der Waals surface area contributed by atoms with Crippen LogP contribution in [0, 0.1) is 11.8 Å².